The summed E-state index contributed by atoms with van der Waals surface area (Å²) in [7, 11) is 0. The maximum atomic E-state index is 13.0. The van der Waals surface area contributed by atoms with E-state index < -0.39 is 6.67 Å². The standard InChI is InChI=1S/C33H35FN4O2/c1-22(2)29-16-26(19-35)17-30-31(29)40-33(37-30)28-10-8-27(9-11-28)32(39)36-20-23-7-4-13-38(14-12-23)21-25-6-3-5-24(15-25)18-34/h3,5-6,8-11,15-17,22-23H,4,7,12-14,18,20-21H2,1-2H3,(H,36,39)/t23-/m0/s1. The zero-order valence-electron chi connectivity index (χ0n) is 23.1. The monoisotopic (exact) mass is 538 g/mol. The lowest BCUT2D eigenvalue weighted by Gasteiger charge is -2.20. The molecule has 1 fully saturated rings. The number of nitriles is 1. The molecule has 1 atom stereocenters. The Morgan fingerprint density at radius 2 is 1.93 bits per heavy atom. The molecule has 3 aromatic carbocycles. The molecule has 0 spiro atoms. The minimum Gasteiger partial charge on any atom is -0.436 e. The van der Waals surface area contributed by atoms with Crippen LogP contribution in [0, 0.1) is 17.2 Å². The van der Waals surface area contributed by atoms with Crippen molar-refractivity contribution in [3.05, 3.63) is 88.5 Å². The fraction of sp³-hybridized carbons (Fsp3) is 0.364. The molecule has 0 aliphatic carbocycles. The first-order valence-electron chi connectivity index (χ1n) is 14.0. The second kappa shape index (κ2) is 12.4. The van der Waals surface area contributed by atoms with Crippen molar-refractivity contribution in [1.29, 1.82) is 5.26 Å². The molecule has 1 aliphatic heterocycles. The lowest BCUT2D eigenvalue weighted by molar-refractivity contribution is 0.0945. The Labute approximate surface area is 234 Å². The number of likely N-dealkylation sites (tertiary alicyclic amines) is 1. The Balaban J connectivity index is 1.17. The van der Waals surface area contributed by atoms with Gasteiger partial charge in [-0.25, -0.2) is 9.37 Å². The number of nitrogens with one attached hydrogen (secondary N) is 1. The summed E-state index contributed by atoms with van der Waals surface area (Å²) < 4.78 is 19.1. The van der Waals surface area contributed by atoms with E-state index in [-0.39, 0.29) is 11.8 Å². The van der Waals surface area contributed by atoms with Crippen LogP contribution in [0.15, 0.2) is 65.1 Å². The zero-order chi connectivity index (χ0) is 28.1. The van der Waals surface area contributed by atoms with Crippen molar-refractivity contribution in [1.82, 2.24) is 15.2 Å². The molecule has 0 unspecified atom stereocenters. The Bertz CT molecular complexity index is 1520. The minimum absolute atomic E-state index is 0.0889. The van der Waals surface area contributed by atoms with E-state index in [1.807, 2.05) is 36.4 Å². The van der Waals surface area contributed by atoms with Crippen LogP contribution in [-0.4, -0.2) is 35.4 Å². The first-order valence-corrected chi connectivity index (χ1v) is 14.0. The summed E-state index contributed by atoms with van der Waals surface area (Å²) in [4.78, 5) is 19.9. The van der Waals surface area contributed by atoms with Crippen LogP contribution < -0.4 is 5.32 Å². The topological polar surface area (TPSA) is 82.2 Å². The smallest absolute Gasteiger partial charge is 0.251 e. The number of amides is 1. The summed E-state index contributed by atoms with van der Waals surface area (Å²) in [6.45, 7) is 7.15. The van der Waals surface area contributed by atoms with Crippen LogP contribution in [0.5, 0.6) is 0 Å². The molecule has 1 N–H and O–H groups in total. The molecule has 0 bridgehead atoms. The molecule has 1 aliphatic rings. The number of fused-ring (bicyclic) bond motifs is 1. The third-order valence-electron chi connectivity index (χ3n) is 7.71. The Kier molecular flexibility index (Phi) is 8.57. The number of carbonyl (C=O) groups excluding carboxylic acids is 1. The maximum Gasteiger partial charge on any atom is 0.251 e. The van der Waals surface area contributed by atoms with Crippen molar-refractivity contribution in [3.63, 3.8) is 0 Å². The molecule has 5 rings (SSSR count). The quantitative estimate of drug-likeness (QED) is 0.261. The predicted molar refractivity (Wildman–Crippen MR) is 154 cm³/mol. The number of nitrogens with zero attached hydrogens (tertiary/aromatic N) is 3. The Morgan fingerprint density at radius 3 is 2.67 bits per heavy atom. The van der Waals surface area contributed by atoms with Crippen molar-refractivity contribution < 1.29 is 13.6 Å². The van der Waals surface area contributed by atoms with Crippen LogP contribution in [0.1, 0.15) is 71.6 Å². The van der Waals surface area contributed by atoms with Crippen molar-refractivity contribution in [2.75, 3.05) is 19.6 Å². The number of halogens is 1. The highest BCUT2D eigenvalue weighted by Crippen LogP contribution is 2.31. The summed E-state index contributed by atoms with van der Waals surface area (Å²) in [5.74, 6) is 1.00. The highest BCUT2D eigenvalue weighted by atomic mass is 19.1. The Hall–Kier alpha value is -4.02. The summed E-state index contributed by atoms with van der Waals surface area (Å²) in [6, 6.07) is 20.8. The lowest BCUT2D eigenvalue weighted by Crippen LogP contribution is -2.30. The number of rotatable bonds is 8. The molecule has 206 valence electrons. The first-order chi connectivity index (χ1) is 19.4. The molecule has 7 heteroatoms. The van der Waals surface area contributed by atoms with Crippen LogP contribution in [0.25, 0.3) is 22.6 Å². The van der Waals surface area contributed by atoms with Crippen molar-refractivity contribution in [2.24, 2.45) is 5.92 Å². The van der Waals surface area contributed by atoms with Crippen molar-refractivity contribution in [3.8, 4) is 17.5 Å². The first kappa shape index (κ1) is 27.5. The van der Waals surface area contributed by atoms with Crippen molar-refractivity contribution in [2.45, 2.75) is 52.2 Å². The fourth-order valence-corrected chi connectivity index (χ4v) is 5.44. The van der Waals surface area contributed by atoms with Crippen LogP contribution in [-0.2, 0) is 13.2 Å². The molecule has 1 amide bonds. The second-order valence-corrected chi connectivity index (χ2v) is 11.0. The molecule has 6 nitrogen and oxygen atoms in total. The van der Waals surface area contributed by atoms with Gasteiger partial charge in [0, 0.05) is 29.8 Å². The van der Waals surface area contributed by atoms with Gasteiger partial charge in [0.1, 0.15) is 12.2 Å². The van der Waals surface area contributed by atoms with Gasteiger partial charge in [0.2, 0.25) is 5.89 Å². The molecule has 0 saturated carbocycles. The normalized spacial score (nSPS) is 16.1. The number of hydrogen-bond acceptors (Lipinski definition) is 5. The molecular weight excluding hydrogens is 503 g/mol. The van der Waals surface area contributed by atoms with E-state index in [4.69, 9.17) is 4.42 Å². The SMILES string of the molecule is CC(C)c1cc(C#N)cc2nc(-c3ccc(C(=O)NC[C@H]4CCCN(Cc5cccc(CF)c5)CC4)cc3)oc12. The van der Waals surface area contributed by atoms with Gasteiger partial charge in [-0.1, -0.05) is 38.1 Å². The number of alkyl halides is 1. The predicted octanol–water partition coefficient (Wildman–Crippen LogP) is 6.99. The van der Waals surface area contributed by atoms with Gasteiger partial charge in [-0.15, -0.1) is 0 Å². The van der Waals surface area contributed by atoms with E-state index in [9.17, 15) is 14.4 Å². The van der Waals surface area contributed by atoms with E-state index in [1.165, 1.54) is 0 Å². The summed E-state index contributed by atoms with van der Waals surface area (Å²) in [5.41, 5.74) is 6.12. The maximum absolute atomic E-state index is 13.0. The van der Waals surface area contributed by atoms with Gasteiger partial charge in [-0.2, -0.15) is 5.26 Å². The van der Waals surface area contributed by atoms with Gasteiger partial charge in [0.25, 0.3) is 5.91 Å². The number of benzene rings is 3. The summed E-state index contributed by atoms with van der Waals surface area (Å²) in [6.07, 6.45) is 3.17. The van der Waals surface area contributed by atoms with Gasteiger partial charge >= 0.3 is 0 Å². The van der Waals surface area contributed by atoms with E-state index >= 15 is 0 Å². The van der Waals surface area contributed by atoms with Crippen LogP contribution in [0.3, 0.4) is 0 Å². The van der Waals surface area contributed by atoms with Gasteiger partial charge in [-0.3, -0.25) is 9.69 Å². The number of aromatic nitrogens is 1. The molecular formula is C33H35FN4O2. The van der Waals surface area contributed by atoms with Crippen LogP contribution >= 0.6 is 0 Å². The second-order valence-electron chi connectivity index (χ2n) is 11.0. The highest BCUT2D eigenvalue weighted by molar-refractivity contribution is 5.94. The minimum atomic E-state index is -0.432. The molecule has 40 heavy (non-hydrogen) atoms. The van der Waals surface area contributed by atoms with Crippen molar-refractivity contribution >= 4 is 17.0 Å². The fourth-order valence-electron chi connectivity index (χ4n) is 5.44. The molecule has 4 aromatic rings. The molecule has 1 saturated heterocycles. The summed E-state index contributed by atoms with van der Waals surface area (Å²) >= 11 is 0. The van der Waals surface area contributed by atoms with E-state index in [1.54, 1.807) is 18.2 Å². The third kappa shape index (κ3) is 6.40. The van der Waals surface area contributed by atoms with Crippen LogP contribution in [0.2, 0.25) is 0 Å². The zero-order valence-corrected chi connectivity index (χ0v) is 23.1. The van der Waals surface area contributed by atoms with E-state index in [0.717, 1.165) is 61.2 Å². The summed E-state index contributed by atoms with van der Waals surface area (Å²) in [5, 5.41) is 12.5. The number of carbonyl (C=O) groups is 1. The largest absolute Gasteiger partial charge is 0.436 e. The van der Waals surface area contributed by atoms with E-state index in [0.29, 0.717) is 40.6 Å². The number of hydrogen-bond donors (Lipinski definition) is 1. The third-order valence-corrected chi connectivity index (χ3v) is 7.71. The average Bonchev–Trinajstić information content (AvgIpc) is 3.29. The molecule has 1 aromatic heterocycles. The van der Waals surface area contributed by atoms with E-state index in [2.05, 4.69) is 41.2 Å². The lowest BCUT2D eigenvalue weighted by atomic mass is 10.00. The molecule has 2 heterocycles. The van der Waals surface area contributed by atoms with Gasteiger partial charge in [0.05, 0.1) is 11.6 Å². The number of oxazole rings is 1. The molecule has 0 radical (unpaired) electrons. The van der Waals surface area contributed by atoms with Crippen LogP contribution in [0.4, 0.5) is 4.39 Å². The average molecular weight is 539 g/mol. The van der Waals surface area contributed by atoms with Gasteiger partial charge in [-0.05, 0) is 91.7 Å². The van der Waals surface area contributed by atoms with Gasteiger partial charge < -0.3 is 9.73 Å². The Morgan fingerprint density at radius 1 is 1.12 bits per heavy atom. The highest BCUT2D eigenvalue weighted by Gasteiger charge is 2.19. The van der Waals surface area contributed by atoms with Gasteiger partial charge in [0.15, 0.2) is 5.58 Å².